The number of hydrogen-bond donors (Lipinski definition) is 3. The van der Waals surface area contributed by atoms with Crippen molar-refractivity contribution in [1.29, 1.82) is 0 Å². The molecular weight excluding hydrogens is 507 g/mol. The summed E-state index contributed by atoms with van der Waals surface area (Å²) in [6, 6.07) is 12.0. The van der Waals surface area contributed by atoms with Gasteiger partial charge in [0, 0.05) is 23.7 Å². The molecule has 11 heteroatoms. The lowest BCUT2D eigenvalue weighted by Gasteiger charge is -2.38. The first-order valence-electron chi connectivity index (χ1n) is 12.1. The maximum absolute atomic E-state index is 13.0. The molecule has 2 aromatic carbocycles. The van der Waals surface area contributed by atoms with E-state index in [9.17, 15) is 31.2 Å². The largest absolute Gasteiger partial charge is 0.416 e. The van der Waals surface area contributed by atoms with E-state index in [2.05, 4.69) is 16.0 Å². The zero-order chi connectivity index (χ0) is 27.2. The molecule has 0 heterocycles. The van der Waals surface area contributed by atoms with Gasteiger partial charge in [-0.1, -0.05) is 38.1 Å². The molecule has 37 heavy (non-hydrogen) atoms. The maximum Gasteiger partial charge on any atom is 0.416 e. The quantitative estimate of drug-likeness (QED) is 0.452. The first-order chi connectivity index (χ1) is 17.3. The number of benzene rings is 2. The fourth-order valence-electron chi connectivity index (χ4n) is 4.61. The van der Waals surface area contributed by atoms with E-state index in [0.29, 0.717) is 19.3 Å². The number of rotatable bonds is 9. The first kappa shape index (κ1) is 28.6. The molecule has 3 rings (SSSR count). The van der Waals surface area contributed by atoms with Crippen LogP contribution in [-0.2, 0) is 20.8 Å². The van der Waals surface area contributed by atoms with Crippen LogP contribution in [-0.4, -0.2) is 50.7 Å². The van der Waals surface area contributed by atoms with Crippen LogP contribution in [0, 0.1) is 5.92 Å². The number of alkyl halides is 3. The third-order valence-electron chi connectivity index (χ3n) is 6.29. The fraction of sp³-hybridized carbons (Fsp3) is 0.462. The predicted molar refractivity (Wildman–Crippen MR) is 134 cm³/mol. The zero-order valence-electron chi connectivity index (χ0n) is 20.7. The highest BCUT2D eigenvalue weighted by atomic mass is 32.2. The number of hydrogen-bond acceptors (Lipinski definition) is 5. The molecule has 0 aliphatic heterocycles. The summed E-state index contributed by atoms with van der Waals surface area (Å²) >= 11 is 0. The van der Waals surface area contributed by atoms with E-state index in [-0.39, 0.29) is 40.3 Å². The second-order valence-corrected chi connectivity index (χ2v) is 11.7. The van der Waals surface area contributed by atoms with Gasteiger partial charge < -0.3 is 16.0 Å². The summed E-state index contributed by atoms with van der Waals surface area (Å²) in [6.45, 7) is 3.57. The number of carbonyl (C=O) groups excluding carboxylic acids is 2. The Hall–Kier alpha value is -2.92. The van der Waals surface area contributed by atoms with Crippen LogP contribution >= 0.6 is 0 Å². The van der Waals surface area contributed by atoms with Crippen molar-refractivity contribution in [2.45, 2.75) is 62.3 Å². The lowest BCUT2D eigenvalue weighted by atomic mass is 9.82. The van der Waals surface area contributed by atoms with Gasteiger partial charge in [0.2, 0.25) is 5.91 Å². The Morgan fingerprint density at radius 3 is 2.38 bits per heavy atom. The van der Waals surface area contributed by atoms with Crippen LogP contribution in [0.25, 0.3) is 0 Å². The normalized spacial score (nSPS) is 20.4. The van der Waals surface area contributed by atoms with Gasteiger partial charge in [0.25, 0.3) is 5.91 Å². The number of nitrogens with one attached hydrogen (secondary N) is 3. The lowest BCUT2D eigenvalue weighted by molar-refractivity contribution is -0.137. The number of amides is 2. The maximum atomic E-state index is 13.0. The van der Waals surface area contributed by atoms with Crippen molar-refractivity contribution < 1.29 is 31.2 Å². The monoisotopic (exact) mass is 539 g/mol. The number of sulfone groups is 1. The Morgan fingerprint density at radius 1 is 1.03 bits per heavy atom. The topological polar surface area (TPSA) is 104 Å². The van der Waals surface area contributed by atoms with Crippen molar-refractivity contribution in [2.24, 2.45) is 5.92 Å². The highest BCUT2D eigenvalue weighted by Gasteiger charge is 2.35. The first-order valence-corrected chi connectivity index (χ1v) is 13.8. The smallest absolute Gasteiger partial charge is 0.352 e. The molecule has 2 amide bonds. The summed E-state index contributed by atoms with van der Waals surface area (Å²) in [4.78, 5) is 25.0. The minimum Gasteiger partial charge on any atom is -0.352 e. The third kappa shape index (κ3) is 8.29. The molecule has 0 unspecified atom stereocenters. The van der Waals surface area contributed by atoms with Gasteiger partial charge in [-0.2, -0.15) is 13.2 Å². The van der Waals surface area contributed by atoms with Gasteiger partial charge in [-0.05, 0) is 55.5 Å². The van der Waals surface area contributed by atoms with E-state index in [1.807, 2.05) is 13.8 Å². The molecule has 0 radical (unpaired) electrons. The van der Waals surface area contributed by atoms with Crippen LogP contribution in [0.1, 0.15) is 49.0 Å². The van der Waals surface area contributed by atoms with Crippen molar-refractivity contribution in [3.63, 3.8) is 0 Å². The summed E-state index contributed by atoms with van der Waals surface area (Å²) in [6.07, 6.45) is -2.86. The molecule has 1 aliphatic rings. The average Bonchev–Trinajstić information content (AvgIpc) is 2.84. The van der Waals surface area contributed by atoms with E-state index in [4.69, 9.17) is 0 Å². The minimum absolute atomic E-state index is 0.0350. The molecule has 0 spiro atoms. The van der Waals surface area contributed by atoms with Crippen molar-refractivity contribution in [3.8, 4) is 0 Å². The predicted octanol–water partition coefficient (Wildman–Crippen LogP) is 3.56. The van der Waals surface area contributed by atoms with Crippen LogP contribution in [0.4, 0.5) is 13.2 Å². The van der Waals surface area contributed by atoms with Gasteiger partial charge in [-0.15, -0.1) is 0 Å². The molecule has 0 bridgehead atoms. The second kappa shape index (κ2) is 12.1. The minimum atomic E-state index is -4.58. The molecular formula is C26H32F3N3O4S. The van der Waals surface area contributed by atoms with Crippen LogP contribution in [0.2, 0.25) is 0 Å². The van der Waals surface area contributed by atoms with Crippen LogP contribution in [0.3, 0.4) is 0 Å². The Morgan fingerprint density at radius 2 is 1.73 bits per heavy atom. The van der Waals surface area contributed by atoms with Gasteiger partial charge in [-0.25, -0.2) is 8.42 Å². The van der Waals surface area contributed by atoms with Crippen molar-refractivity contribution in [1.82, 2.24) is 16.0 Å². The highest BCUT2D eigenvalue weighted by Crippen LogP contribution is 2.30. The van der Waals surface area contributed by atoms with Crippen LogP contribution in [0.15, 0.2) is 59.5 Å². The molecule has 3 N–H and O–H groups in total. The highest BCUT2D eigenvalue weighted by molar-refractivity contribution is 7.91. The molecule has 2 aromatic rings. The summed E-state index contributed by atoms with van der Waals surface area (Å²) in [5, 5.41) is 8.62. The van der Waals surface area contributed by atoms with E-state index in [0.717, 1.165) is 18.2 Å². The van der Waals surface area contributed by atoms with Gasteiger partial charge in [0.1, 0.15) is 0 Å². The Kier molecular flexibility index (Phi) is 9.36. The second-order valence-electron chi connectivity index (χ2n) is 9.62. The number of carbonyl (C=O) groups is 2. The van der Waals surface area contributed by atoms with Crippen LogP contribution < -0.4 is 16.0 Å². The van der Waals surface area contributed by atoms with Gasteiger partial charge in [-0.3, -0.25) is 9.59 Å². The SMILES string of the molecule is CC(C)N[C@@H]1CC[C@H](NC(=O)CNC(=O)c2cccc(C(F)(F)F)c2)C[C@H]1CS(=O)(=O)c1ccccc1. The standard InChI is InChI=1S/C26H32F3N3O4S/c1-17(2)31-23-12-11-21(14-19(23)16-37(35,36)22-9-4-3-5-10-22)32-24(33)15-30-25(34)18-7-6-8-20(13-18)26(27,28)29/h3-10,13,17,19,21,23,31H,11-12,14-16H2,1-2H3,(H,30,34)(H,32,33)/t19-,21-,23+/m0/s1. The zero-order valence-corrected chi connectivity index (χ0v) is 21.5. The summed E-state index contributed by atoms with van der Waals surface area (Å²) < 4.78 is 64.7. The van der Waals surface area contributed by atoms with E-state index in [1.54, 1.807) is 30.3 Å². The van der Waals surface area contributed by atoms with E-state index in [1.165, 1.54) is 6.07 Å². The molecule has 0 saturated heterocycles. The van der Waals surface area contributed by atoms with E-state index < -0.39 is 39.9 Å². The molecule has 1 aliphatic carbocycles. The Labute approximate surface area is 215 Å². The Balaban J connectivity index is 1.60. The Bertz CT molecular complexity index is 1190. The summed E-state index contributed by atoms with van der Waals surface area (Å²) in [5.74, 6) is -1.60. The molecule has 1 fully saturated rings. The van der Waals surface area contributed by atoms with Crippen molar-refractivity contribution >= 4 is 21.7 Å². The average molecular weight is 540 g/mol. The van der Waals surface area contributed by atoms with Gasteiger partial charge in [0.05, 0.1) is 22.8 Å². The van der Waals surface area contributed by atoms with Crippen molar-refractivity contribution in [2.75, 3.05) is 12.3 Å². The fourth-order valence-corrected chi connectivity index (χ4v) is 6.31. The van der Waals surface area contributed by atoms with E-state index >= 15 is 0 Å². The third-order valence-corrected chi connectivity index (χ3v) is 8.15. The van der Waals surface area contributed by atoms with Gasteiger partial charge in [0.15, 0.2) is 9.84 Å². The molecule has 1 saturated carbocycles. The van der Waals surface area contributed by atoms with Gasteiger partial charge >= 0.3 is 6.18 Å². The molecule has 202 valence electrons. The number of halogens is 3. The van der Waals surface area contributed by atoms with Crippen LogP contribution in [0.5, 0.6) is 0 Å². The lowest BCUT2D eigenvalue weighted by Crippen LogP contribution is -2.51. The molecule has 0 aromatic heterocycles. The molecule has 3 atom stereocenters. The van der Waals surface area contributed by atoms with Crippen molar-refractivity contribution in [3.05, 3.63) is 65.7 Å². The summed E-state index contributed by atoms with van der Waals surface area (Å²) in [5.41, 5.74) is -1.15. The summed E-state index contributed by atoms with van der Waals surface area (Å²) in [7, 11) is -3.54. The molecule has 7 nitrogen and oxygen atoms in total.